The Bertz CT molecular complexity index is 503. The van der Waals surface area contributed by atoms with Crippen LogP contribution < -0.4 is 10.1 Å². The number of ether oxygens (including phenoxy) is 1. The molecule has 116 valence electrons. The van der Waals surface area contributed by atoms with Crippen molar-refractivity contribution in [3.63, 3.8) is 0 Å². The lowest BCUT2D eigenvalue weighted by atomic mass is 10.3. The van der Waals surface area contributed by atoms with Crippen LogP contribution in [0, 0.1) is 0 Å². The number of halogens is 4. The molecule has 5 nitrogen and oxygen atoms in total. The van der Waals surface area contributed by atoms with Gasteiger partial charge in [-0.1, -0.05) is 23.7 Å². The summed E-state index contributed by atoms with van der Waals surface area (Å²) in [5, 5.41) is 5.78. The van der Waals surface area contributed by atoms with Crippen molar-refractivity contribution in [2.45, 2.75) is 26.1 Å². The van der Waals surface area contributed by atoms with E-state index in [2.05, 4.69) is 20.0 Å². The van der Waals surface area contributed by atoms with E-state index in [9.17, 15) is 18.0 Å². The van der Waals surface area contributed by atoms with E-state index < -0.39 is 18.2 Å². The Kier molecular flexibility index (Phi) is 6.29. The first-order chi connectivity index (χ1) is 9.80. The lowest BCUT2D eigenvalue weighted by Gasteiger charge is -2.09. The molecular weight excluding hydrogens is 313 g/mol. The van der Waals surface area contributed by atoms with Crippen LogP contribution in [0.1, 0.15) is 19.8 Å². The fraction of sp³-hybridized carbons (Fsp3) is 0.333. The van der Waals surface area contributed by atoms with Crippen LogP contribution in [0.2, 0.25) is 0 Å². The molecule has 1 aromatic carbocycles. The number of carbonyl (C=O) groups is 1. The molecule has 0 radical (unpaired) electrons. The Morgan fingerprint density at radius 2 is 1.95 bits per heavy atom. The fourth-order valence-electron chi connectivity index (χ4n) is 1.22. The summed E-state index contributed by atoms with van der Waals surface area (Å²) in [6.07, 6.45) is -4.46. The van der Waals surface area contributed by atoms with Crippen molar-refractivity contribution in [2.24, 2.45) is 5.16 Å². The van der Waals surface area contributed by atoms with Gasteiger partial charge >= 0.3 is 12.5 Å². The molecule has 0 fully saturated rings. The summed E-state index contributed by atoms with van der Waals surface area (Å²) in [6, 6.07) is 4.55. The van der Waals surface area contributed by atoms with Crippen molar-refractivity contribution in [3.05, 3.63) is 24.3 Å². The highest BCUT2D eigenvalue weighted by Crippen LogP contribution is 2.23. The van der Waals surface area contributed by atoms with Gasteiger partial charge in [0, 0.05) is 12.1 Å². The number of nitrogens with one attached hydrogen (secondary N) is 1. The van der Waals surface area contributed by atoms with Gasteiger partial charge in [-0.25, -0.2) is 4.79 Å². The summed E-state index contributed by atoms with van der Waals surface area (Å²) in [7, 11) is 0. The van der Waals surface area contributed by atoms with Gasteiger partial charge in [0.25, 0.3) is 0 Å². The number of oxime groups is 1. The molecule has 0 aromatic heterocycles. The van der Waals surface area contributed by atoms with E-state index in [-0.39, 0.29) is 10.9 Å². The van der Waals surface area contributed by atoms with E-state index in [0.29, 0.717) is 6.42 Å². The van der Waals surface area contributed by atoms with E-state index in [0.717, 1.165) is 18.6 Å². The van der Waals surface area contributed by atoms with Gasteiger partial charge in [-0.2, -0.15) is 0 Å². The van der Waals surface area contributed by atoms with Crippen LogP contribution in [0.4, 0.5) is 23.7 Å². The second kappa shape index (κ2) is 7.72. The van der Waals surface area contributed by atoms with Gasteiger partial charge in [-0.15, -0.1) is 13.2 Å². The quantitative estimate of drug-likeness (QED) is 0.493. The molecule has 1 amide bonds. The van der Waals surface area contributed by atoms with Gasteiger partial charge in [0.15, 0.2) is 0 Å². The highest BCUT2D eigenvalue weighted by molar-refractivity contribution is 6.65. The van der Waals surface area contributed by atoms with Gasteiger partial charge < -0.3 is 4.74 Å². The van der Waals surface area contributed by atoms with Crippen molar-refractivity contribution in [2.75, 3.05) is 5.32 Å². The smallest absolute Gasteiger partial charge is 0.406 e. The summed E-state index contributed by atoms with van der Waals surface area (Å²) >= 11 is 5.63. The summed E-state index contributed by atoms with van der Waals surface area (Å²) in [5.41, 5.74) is 0.219. The summed E-state index contributed by atoms with van der Waals surface area (Å²) in [5.74, 6) is -0.398. The normalized spacial score (nSPS) is 12.0. The summed E-state index contributed by atoms with van der Waals surface area (Å²) < 4.78 is 39.5. The molecule has 0 saturated carbocycles. The zero-order valence-corrected chi connectivity index (χ0v) is 11.7. The highest BCUT2D eigenvalue weighted by Gasteiger charge is 2.30. The molecule has 0 saturated heterocycles. The molecule has 0 aliphatic heterocycles. The number of carbonyl (C=O) groups excluding carboxylic acids is 1. The van der Waals surface area contributed by atoms with Crippen molar-refractivity contribution >= 4 is 28.6 Å². The van der Waals surface area contributed by atoms with Crippen LogP contribution in [-0.4, -0.2) is 17.6 Å². The molecule has 0 bridgehead atoms. The monoisotopic (exact) mass is 324 g/mol. The Balaban J connectivity index is 2.52. The third-order valence-electron chi connectivity index (χ3n) is 2.02. The number of nitrogens with zero attached hydrogens (tertiary/aromatic N) is 1. The Hall–Kier alpha value is -1.96. The van der Waals surface area contributed by atoms with Crippen LogP contribution >= 0.6 is 11.6 Å². The lowest BCUT2D eigenvalue weighted by Crippen LogP contribution is -2.17. The van der Waals surface area contributed by atoms with Gasteiger partial charge in [0.1, 0.15) is 10.9 Å². The third kappa shape index (κ3) is 7.40. The molecule has 0 atom stereocenters. The van der Waals surface area contributed by atoms with Crippen LogP contribution in [0.25, 0.3) is 0 Å². The second-order valence-corrected chi connectivity index (χ2v) is 4.23. The minimum absolute atomic E-state index is 0.140. The van der Waals surface area contributed by atoms with E-state index in [1.807, 2.05) is 6.92 Å². The molecule has 0 heterocycles. The van der Waals surface area contributed by atoms with Crippen molar-refractivity contribution in [1.82, 2.24) is 0 Å². The molecule has 1 rings (SSSR count). The molecule has 0 unspecified atom stereocenters. The summed E-state index contributed by atoms with van der Waals surface area (Å²) in [6.45, 7) is 1.88. The second-order valence-electron chi connectivity index (χ2n) is 3.79. The minimum atomic E-state index is -4.77. The number of hydrogen-bond acceptors (Lipinski definition) is 4. The maximum Gasteiger partial charge on any atom is 0.573 e. The van der Waals surface area contributed by atoms with E-state index >= 15 is 0 Å². The number of amides is 1. The first-order valence-electron chi connectivity index (χ1n) is 5.86. The first kappa shape index (κ1) is 17.1. The molecule has 1 aromatic rings. The Morgan fingerprint density at radius 1 is 1.33 bits per heavy atom. The fourth-order valence-corrected chi connectivity index (χ4v) is 1.45. The lowest BCUT2D eigenvalue weighted by molar-refractivity contribution is -0.274. The van der Waals surface area contributed by atoms with E-state index in [4.69, 9.17) is 11.6 Å². The molecule has 0 spiro atoms. The van der Waals surface area contributed by atoms with Crippen molar-refractivity contribution in [1.29, 1.82) is 0 Å². The van der Waals surface area contributed by atoms with Crippen LogP contribution in [-0.2, 0) is 4.84 Å². The Morgan fingerprint density at radius 3 is 2.48 bits per heavy atom. The van der Waals surface area contributed by atoms with Gasteiger partial charge in [0.05, 0.1) is 0 Å². The number of benzene rings is 1. The Labute approximate surface area is 123 Å². The largest absolute Gasteiger partial charge is 0.573 e. The summed E-state index contributed by atoms with van der Waals surface area (Å²) in [4.78, 5) is 15.8. The van der Waals surface area contributed by atoms with Gasteiger partial charge in [-0.05, 0) is 30.7 Å². The molecule has 1 N–H and O–H groups in total. The highest BCUT2D eigenvalue weighted by atomic mass is 35.5. The average molecular weight is 325 g/mol. The van der Waals surface area contributed by atoms with E-state index in [1.54, 1.807) is 0 Å². The van der Waals surface area contributed by atoms with Gasteiger partial charge in [-0.3, -0.25) is 10.2 Å². The molecule has 9 heteroatoms. The predicted molar refractivity (Wildman–Crippen MR) is 71.4 cm³/mol. The predicted octanol–water partition coefficient (Wildman–Crippen LogP) is 4.49. The number of rotatable bonds is 5. The zero-order chi connectivity index (χ0) is 15.9. The maximum atomic E-state index is 12.0. The molecule has 0 aliphatic rings. The zero-order valence-electron chi connectivity index (χ0n) is 10.9. The SMILES string of the molecule is CCC/C(Cl)=N\OC(=O)Nc1ccc(OC(F)(F)F)cc1. The molecule has 21 heavy (non-hydrogen) atoms. The standard InChI is InChI=1S/C12H12ClF3N2O3/c1-2-3-10(13)18-21-11(19)17-8-4-6-9(7-5-8)20-12(14,15)16/h4-7H,2-3H2,1H3,(H,17,19)/b18-10+. The molecule has 0 aliphatic carbocycles. The van der Waals surface area contributed by atoms with E-state index in [1.165, 1.54) is 12.1 Å². The van der Waals surface area contributed by atoms with Crippen molar-refractivity contribution < 1.29 is 27.5 Å². The maximum absolute atomic E-state index is 12.0. The number of alkyl halides is 3. The average Bonchev–Trinajstić information content (AvgIpc) is 2.37. The number of anilines is 1. The molecular formula is C12H12ClF3N2O3. The van der Waals surface area contributed by atoms with Crippen LogP contribution in [0.3, 0.4) is 0 Å². The van der Waals surface area contributed by atoms with Crippen LogP contribution in [0.5, 0.6) is 5.75 Å². The van der Waals surface area contributed by atoms with Gasteiger partial charge in [0.2, 0.25) is 0 Å². The minimum Gasteiger partial charge on any atom is -0.406 e. The van der Waals surface area contributed by atoms with Crippen LogP contribution in [0.15, 0.2) is 29.4 Å². The first-order valence-corrected chi connectivity index (χ1v) is 6.24. The number of hydrogen-bond donors (Lipinski definition) is 1. The topological polar surface area (TPSA) is 59.9 Å². The van der Waals surface area contributed by atoms with Crippen molar-refractivity contribution in [3.8, 4) is 5.75 Å². The third-order valence-corrected chi connectivity index (χ3v) is 2.28.